The lowest BCUT2D eigenvalue weighted by atomic mass is 10.1. The summed E-state index contributed by atoms with van der Waals surface area (Å²) in [5.74, 6) is 0.0767. The van der Waals surface area contributed by atoms with Gasteiger partial charge in [0.05, 0.1) is 6.04 Å². The SMILES string of the molecule is CCCC(CC)N(C)C(=O)C(N)CC. The summed E-state index contributed by atoms with van der Waals surface area (Å²) in [6.45, 7) is 6.19. The van der Waals surface area contributed by atoms with Crippen LogP contribution in [-0.4, -0.2) is 29.9 Å². The Morgan fingerprint density at radius 2 is 1.86 bits per heavy atom. The van der Waals surface area contributed by atoms with Gasteiger partial charge in [-0.25, -0.2) is 0 Å². The van der Waals surface area contributed by atoms with Crippen LogP contribution < -0.4 is 5.73 Å². The minimum absolute atomic E-state index is 0.0767. The number of likely N-dealkylation sites (N-methyl/N-ethyl adjacent to an activating group) is 1. The lowest BCUT2D eigenvalue weighted by molar-refractivity contribution is -0.133. The van der Waals surface area contributed by atoms with Crippen LogP contribution >= 0.6 is 0 Å². The van der Waals surface area contributed by atoms with Crippen molar-refractivity contribution in [3.63, 3.8) is 0 Å². The quantitative estimate of drug-likeness (QED) is 0.710. The van der Waals surface area contributed by atoms with E-state index >= 15 is 0 Å². The summed E-state index contributed by atoms with van der Waals surface area (Å²) in [7, 11) is 1.86. The van der Waals surface area contributed by atoms with Gasteiger partial charge in [-0.3, -0.25) is 4.79 Å². The highest BCUT2D eigenvalue weighted by atomic mass is 16.2. The van der Waals surface area contributed by atoms with E-state index in [1.807, 2.05) is 18.9 Å². The first-order valence-corrected chi connectivity index (χ1v) is 5.60. The number of rotatable bonds is 6. The zero-order valence-electron chi connectivity index (χ0n) is 9.92. The molecule has 0 saturated heterocycles. The lowest BCUT2D eigenvalue weighted by Crippen LogP contribution is -2.46. The zero-order valence-corrected chi connectivity index (χ0v) is 9.92. The van der Waals surface area contributed by atoms with Crippen LogP contribution in [0.4, 0.5) is 0 Å². The molecule has 0 fully saturated rings. The van der Waals surface area contributed by atoms with Crippen molar-refractivity contribution in [1.29, 1.82) is 0 Å². The second-order valence-corrected chi connectivity index (χ2v) is 3.81. The van der Waals surface area contributed by atoms with Gasteiger partial charge in [0.2, 0.25) is 5.91 Å². The van der Waals surface area contributed by atoms with Crippen LogP contribution in [0, 0.1) is 0 Å². The van der Waals surface area contributed by atoms with Gasteiger partial charge in [-0.1, -0.05) is 27.2 Å². The van der Waals surface area contributed by atoms with E-state index < -0.39 is 0 Å². The summed E-state index contributed by atoms with van der Waals surface area (Å²) >= 11 is 0. The van der Waals surface area contributed by atoms with E-state index in [1.54, 1.807) is 0 Å². The van der Waals surface area contributed by atoms with Gasteiger partial charge in [-0.2, -0.15) is 0 Å². The molecule has 0 aliphatic heterocycles. The molecule has 0 aromatic carbocycles. The van der Waals surface area contributed by atoms with Crippen molar-refractivity contribution in [2.45, 2.75) is 58.5 Å². The van der Waals surface area contributed by atoms with Gasteiger partial charge in [-0.05, 0) is 19.3 Å². The van der Waals surface area contributed by atoms with Crippen LogP contribution in [0.5, 0.6) is 0 Å². The first-order chi connectivity index (χ1) is 6.58. The van der Waals surface area contributed by atoms with Gasteiger partial charge in [0, 0.05) is 13.1 Å². The maximum Gasteiger partial charge on any atom is 0.239 e. The Morgan fingerprint density at radius 3 is 2.21 bits per heavy atom. The van der Waals surface area contributed by atoms with Crippen LogP contribution in [0.15, 0.2) is 0 Å². The van der Waals surface area contributed by atoms with Crippen LogP contribution in [0.1, 0.15) is 46.5 Å². The predicted octanol–water partition coefficient (Wildman–Crippen LogP) is 1.76. The van der Waals surface area contributed by atoms with Gasteiger partial charge in [0.1, 0.15) is 0 Å². The number of nitrogens with two attached hydrogens (primary N) is 1. The van der Waals surface area contributed by atoms with Crippen molar-refractivity contribution in [1.82, 2.24) is 4.90 Å². The molecule has 84 valence electrons. The Morgan fingerprint density at radius 1 is 1.29 bits per heavy atom. The minimum Gasteiger partial charge on any atom is -0.341 e. The highest BCUT2D eigenvalue weighted by Crippen LogP contribution is 2.10. The molecule has 14 heavy (non-hydrogen) atoms. The molecular weight excluding hydrogens is 176 g/mol. The Bertz CT molecular complexity index is 171. The summed E-state index contributed by atoms with van der Waals surface area (Å²) in [6, 6.07) is 0.0241. The molecule has 0 saturated carbocycles. The molecule has 0 bridgehead atoms. The molecule has 0 spiro atoms. The number of carbonyl (C=O) groups is 1. The van der Waals surface area contributed by atoms with Crippen LogP contribution in [0.3, 0.4) is 0 Å². The van der Waals surface area contributed by atoms with Crippen molar-refractivity contribution in [3.8, 4) is 0 Å². The maximum absolute atomic E-state index is 11.8. The van der Waals surface area contributed by atoms with E-state index in [4.69, 9.17) is 5.73 Å². The van der Waals surface area contributed by atoms with Gasteiger partial charge in [0.15, 0.2) is 0 Å². The maximum atomic E-state index is 11.8. The van der Waals surface area contributed by atoms with Crippen molar-refractivity contribution < 1.29 is 4.79 Å². The summed E-state index contributed by atoms with van der Waals surface area (Å²) < 4.78 is 0. The second kappa shape index (κ2) is 6.82. The highest BCUT2D eigenvalue weighted by molar-refractivity contribution is 5.81. The first kappa shape index (κ1) is 13.4. The van der Waals surface area contributed by atoms with E-state index in [-0.39, 0.29) is 11.9 Å². The largest absolute Gasteiger partial charge is 0.341 e. The number of amides is 1. The summed E-state index contributed by atoms with van der Waals surface area (Å²) in [5.41, 5.74) is 5.71. The Balaban J connectivity index is 4.25. The second-order valence-electron chi connectivity index (χ2n) is 3.81. The smallest absolute Gasteiger partial charge is 0.239 e. The van der Waals surface area contributed by atoms with E-state index in [1.165, 1.54) is 0 Å². The number of carbonyl (C=O) groups excluding carboxylic acids is 1. The summed E-state index contributed by atoms with van der Waals surface area (Å²) in [4.78, 5) is 13.6. The van der Waals surface area contributed by atoms with Crippen molar-refractivity contribution in [2.24, 2.45) is 5.73 Å². The van der Waals surface area contributed by atoms with Gasteiger partial charge >= 0.3 is 0 Å². The van der Waals surface area contributed by atoms with Crippen LogP contribution in [-0.2, 0) is 4.79 Å². The van der Waals surface area contributed by atoms with Crippen LogP contribution in [0.25, 0.3) is 0 Å². The molecule has 0 radical (unpaired) electrons. The minimum atomic E-state index is -0.328. The lowest BCUT2D eigenvalue weighted by Gasteiger charge is -2.29. The molecule has 2 atom stereocenters. The Hall–Kier alpha value is -0.570. The third kappa shape index (κ3) is 3.66. The molecule has 0 aliphatic carbocycles. The third-order valence-electron chi connectivity index (χ3n) is 2.75. The zero-order chi connectivity index (χ0) is 11.1. The van der Waals surface area contributed by atoms with Gasteiger partial charge in [-0.15, -0.1) is 0 Å². The average molecular weight is 200 g/mol. The van der Waals surface area contributed by atoms with Crippen molar-refractivity contribution in [3.05, 3.63) is 0 Å². The Kier molecular flexibility index (Phi) is 6.54. The van der Waals surface area contributed by atoms with E-state index in [2.05, 4.69) is 13.8 Å². The monoisotopic (exact) mass is 200 g/mol. The molecule has 3 nitrogen and oxygen atoms in total. The number of hydrogen-bond acceptors (Lipinski definition) is 2. The predicted molar refractivity (Wildman–Crippen MR) is 60.0 cm³/mol. The molecule has 3 heteroatoms. The molecule has 2 N–H and O–H groups in total. The molecule has 0 aliphatic rings. The molecule has 0 aromatic heterocycles. The summed E-state index contributed by atoms with van der Waals surface area (Å²) in [6.07, 6.45) is 3.89. The van der Waals surface area contributed by atoms with E-state index in [0.29, 0.717) is 12.5 Å². The van der Waals surface area contributed by atoms with Gasteiger partial charge < -0.3 is 10.6 Å². The normalized spacial score (nSPS) is 14.9. The standard InChI is InChI=1S/C11H24N2O/c1-5-8-9(6-2)13(4)11(14)10(12)7-3/h9-10H,5-8,12H2,1-4H3. The fourth-order valence-electron chi connectivity index (χ4n) is 1.62. The van der Waals surface area contributed by atoms with E-state index in [9.17, 15) is 4.79 Å². The molecule has 0 heterocycles. The fraction of sp³-hybridized carbons (Fsp3) is 0.909. The molecule has 0 rings (SSSR count). The molecule has 0 aromatic rings. The van der Waals surface area contributed by atoms with Crippen molar-refractivity contribution in [2.75, 3.05) is 7.05 Å². The van der Waals surface area contributed by atoms with Gasteiger partial charge in [0.25, 0.3) is 0 Å². The molecule has 1 amide bonds. The first-order valence-electron chi connectivity index (χ1n) is 5.60. The topological polar surface area (TPSA) is 46.3 Å². The Labute approximate surface area is 87.6 Å². The average Bonchev–Trinajstić information content (AvgIpc) is 2.22. The third-order valence-corrected chi connectivity index (χ3v) is 2.75. The number of hydrogen-bond donors (Lipinski definition) is 1. The molecule has 2 unspecified atom stereocenters. The van der Waals surface area contributed by atoms with Crippen molar-refractivity contribution >= 4 is 5.91 Å². The van der Waals surface area contributed by atoms with E-state index in [0.717, 1.165) is 19.3 Å². The van der Waals surface area contributed by atoms with Crippen LogP contribution in [0.2, 0.25) is 0 Å². The summed E-state index contributed by atoms with van der Waals surface area (Å²) in [5, 5.41) is 0. The highest BCUT2D eigenvalue weighted by Gasteiger charge is 2.21. The fourth-order valence-corrected chi connectivity index (χ4v) is 1.62. The molecular formula is C11H24N2O. The number of nitrogens with zero attached hydrogens (tertiary/aromatic N) is 1.